The quantitative estimate of drug-likeness (QED) is 0.680. The number of imidazole rings is 1. The zero-order chi connectivity index (χ0) is 17.9. The van der Waals surface area contributed by atoms with Crippen LogP contribution in [0.15, 0.2) is 54.9 Å². The fourth-order valence-electron chi connectivity index (χ4n) is 2.51. The highest BCUT2D eigenvalue weighted by atomic mass is 31.2. The minimum absolute atomic E-state index is 0.0496. The minimum Gasteiger partial charge on any atom is -0.389 e. The van der Waals surface area contributed by atoms with Gasteiger partial charge in [-0.3, -0.25) is 9.55 Å². The number of pyridine rings is 1. The molecule has 25 heavy (non-hydrogen) atoms. The molecule has 0 radical (unpaired) electrons. The molecule has 0 aliphatic carbocycles. The van der Waals surface area contributed by atoms with Gasteiger partial charge < -0.3 is 14.2 Å². The van der Waals surface area contributed by atoms with Gasteiger partial charge in [-0.15, -0.1) is 0 Å². The molecular formula is C17H18N3O4P. The van der Waals surface area contributed by atoms with E-state index in [9.17, 15) is 9.46 Å². The highest BCUT2D eigenvalue weighted by Crippen LogP contribution is 2.44. The first kappa shape index (κ1) is 17.4. The summed E-state index contributed by atoms with van der Waals surface area (Å²) < 4.78 is 23.7. The summed E-state index contributed by atoms with van der Waals surface area (Å²) in [5.74, 6) is 0. The van der Waals surface area contributed by atoms with Gasteiger partial charge in [0, 0.05) is 37.7 Å². The van der Waals surface area contributed by atoms with Crippen molar-refractivity contribution in [1.82, 2.24) is 14.5 Å². The van der Waals surface area contributed by atoms with Crippen LogP contribution < -0.4 is 4.52 Å². The van der Waals surface area contributed by atoms with Gasteiger partial charge in [-0.1, -0.05) is 30.3 Å². The van der Waals surface area contributed by atoms with E-state index in [0.717, 1.165) is 16.8 Å². The number of benzene rings is 1. The standard InChI is InChI=1S/C17H18N3O4P/c1-20-16(14-8-10-18-11-9-14)15(13-6-4-3-5-7-13)19-17(20)24-25(21,22)12-23-2/h3-11H,12H2,1-2H3,(H,21,22). The smallest absolute Gasteiger partial charge is 0.389 e. The van der Waals surface area contributed by atoms with E-state index in [1.807, 2.05) is 42.5 Å². The molecule has 1 N–H and O–H groups in total. The Morgan fingerprint density at radius 2 is 1.80 bits per heavy atom. The largest absolute Gasteiger partial charge is 0.404 e. The molecule has 3 rings (SSSR count). The topological polar surface area (TPSA) is 86.5 Å². The Morgan fingerprint density at radius 1 is 1.12 bits per heavy atom. The van der Waals surface area contributed by atoms with Crippen molar-refractivity contribution in [3.63, 3.8) is 0 Å². The Kier molecular flexibility index (Phi) is 4.99. The summed E-state index contributed by atoms with van der Waals surface area (Å²) in [6.45, 7) is 0. The van der Waals surface area contributed by atoms with Crippen LogP contribution in [0.1, 0.15) is 0 Å². The molecule has 3 aromatic rings. The molecule has 0 amide bonds. The van der Waals surface area contributed by atoms with Gasteiger partial charge in [0.1, 0.15) is 5.69 Å². The summed E-state index contributed by atoms with van der Waals surface area (Å²) in [6.07, 6.45) is 2.95. The van der Waals surface area contributed by atoms with Crippen LogP contribution in [0.3, 0.4) is 0 Å². The summed E-state index contributed by atoms with van der Waals surface area (Å²) in [6, 6.07) is 13.3. The van der Waals surface area contributed by atoms with Gasteiger partial charge in [-0.25, -0.2) is 4.57 Å². The monoisotopic (exact) mass is 359 g/mol. The van der Waals surface area contributed by atoms with Gasteiger partial charge in [-0.05, 0) is 12.1 Å². The molecule has 0 saturated heterocycles. The van der Waals surface area contributed by atoms with Gasteiger partial charge in [0.25, 0.3) is 0 Å². The van der Waals surface area contributed by atoms with Crippen LogP contribution in [0, 0.1) is 0 Å². The first-order valence-electron chi connectivity index (χ1n) is 7.55. The van der Waals surface area contributed by atoms with E-state index >= 15 is 0 Å². The Morgan fingerprint density at radius 3 is 2.44 bits per heavy atom. The lowest BCUT2D eigenvalue weighted by atomic mass is 10.1. The van der Waals surface area contributed by atoms with Crippen molar-refractivity contribution in [3.8, 4) is 28.5 Å². The van der Waals surface area contributed by atoms with Crippen molar-refractivity contribution >= 4 is 7.60 Å². The number of rotatable bonds is 6. The van der Waals surface area contributed by atoms with E-state index in [1.165, 1.54) is 7.11 Å². The number of methoxy groups -OCH3 is 1. The molecule has 0 aliphatic rings. The molecule has 2 aromatic heterocycles. The van der Waals surface area contributed by atoms with Crippen LogP contribution in [0.25, 0.3) is 22.5 Å². The highest BCUT2D eigenvalue weighted by Gasteiger charge is 2.26. The van der Waals surface area contributed by atoms with Crippen LogP contribution in [0.4, 0.5) is 0 Å². The first-order chi connectivity index (χ1) is 12.0. The predicted octanol–water partition coefficient (Wildman–Crippen LogP) is 3.32. The van der Waals surface area contributed by atoms with Gasteiger partial charge in [0.2, 0.25) is 0 Å². The van der Waals surface area contributed by atoms with Crippen LogP contribution in [0.5, 0.6) is 6.01 Å². The number of aromatic nitrogens is 3. The maximum absolute atomic E-state index is 12.1. The second kappa shape index (κ2) is 7.19. The normalized spacial score (nSPS) is 13.4. The summed E-state index contributed by atoms with van der Waals surface area (Å²) in [7, 11) is -0.880. The minimum atomic E-state index is -3.95. The Hall–Kier alpha value is -2.47. The third kappa shape index (κ3) is 3.79. The van der Waals surface area contributed by atoms with Crippen molar-refractivity contribution in [3.05, 3.63) is 54.9 Å². The summed E-state index contributed by atoms with van der Waals surface area (Å²) in [5, 5.41) is 0. The molecule has 0 aliphatic heterocycles. The number of nitrogens with zero attached hydrogens (tertiary/aromatic N) is 3. The molecule has 2 heterocycles. The second-order valence-corrected chi connectivity index (χ2v) is 7.11. The third-order valence-electron chi connectivity index (χ3n) is 3.57. The average molecular weight is 359 g/mol. The van der Waals surface area contributed by atoms with Crippen LogP contribution >= 0.6 is 7.60 Å². The van der Waals surface area contributed by atoms with Crippen LogP contribution in [-0.4, -0.2) is 32.9 Å². The molecule has 7 nitrogen and oxygen atoms in total. The van der Waals surface area contributed by atoms with E-state index < -0.39 is 13.9 Å². The predicted molar refractivity (Wildman–Crippen MR) is 94.2 cm³/mol. The Balaban J connectivity index is 2.14. The Labute approximate surface area is 145 Å². The number of hydrogen-bond donors (Lipinski definition) is 1. The zero-order valence-electron chi connectivity index (χ0n) is 13.9. The maximum atomic E-state index is 12.1. The summed E-state index contributed by atoms with van der Waals surface area (Å²) >= 11 is 0. The molecule has 1 aromatic carbocycles. The van der Waals surface area contributed by atoms with Crippen molar-refractivity contribution < 1.29 is 18.7 Å². The summed E-state index contributed by atoms with van der Waals surface area (Å²) in [4.78, 5) is 18.4. The maximum Gasteiger partial charge on any atom is 0.404 e. The fraction of sp³-hybridized carbons (Fsp3) is 0.176. The molecule has 1 atom stereocenters. The van der Waals surface area contributed by atoms with Gasteiger partial charge in [-0.2, -0.15) is 4.98 Å². The van der Waals surface area contributed by atoms with Crippen LogP contribution in [0.2, 0.25) is 0 Å². The van der Waals surface area contributed by atoms with Crippen LogP contribution in [-0.2, 0) is 16.3 Å². The van der Waals surface area contributed by atoms with Crippen molar-refractivity contribution in [2.75, 3.05) is 13.5 Å². The molecule has 0 fully saturated rings. The van der Waals surface area contributed by atoms with Crippen molar-refractivity contribution in [1.29, 1.82) is 0 Å². The lowest BCUT2D eigenvalue weighted by molar-refractivity contribution is 0.217. The zero-order valence-corrected chi connectivity index (χ0v) is 14.8. The highest BCUT2D eigenvalue weighted by molar-refractivity contribution is 7.53. The molecule has 0 spiro atoms. The summed E-state index contributed by atoms with van der Waals surface area (Å²) in [5.41, 5.74) is 3.17. The van der Waals surface area contributed by atoms with E-state index in [1.54, 1.807) is 24.0 Å². The number of hydrogen-bond acceptors (Lipinski definition) is 5. The SMILES string of the molecule is COCP(=O)(O)Oc1nc(-c2ccccc2)c(-c2ccncc2)n1C. The average Bonchev–Trinajstić information content (AvgIpc) is 2.92. The molecule has 0 bridgehead atoms. The van der Waals surface area contributed by atoms with Gasteiger partial charge >= 0.3 is 13.6 Å². The molecule has 8 heteroatoms. The first-order valence-corrected chi connectivity index (χ1v) is 9.31. The lowest BCUT2D eigenvalue weighted by Crippen LogP contribution is -2.03. The van der Waals surface area contributed by atoms with Gasteiger partial charge in [0.15, 0.2) is 6.35 Å². The van der Waals surface area contributed by atoms with Gasteiger partial charge in [0.05, 0.1) is 5.69 Å². The van der Waals surface area contributed by atoms with E-state index in [0.29, 0.717) is 5.69 Å². The molecule has 0 saturated carbocycles. The Bertz CT molecular complexity index is 897. The molecule has 1 unspecified atom stereocenters. The molecule has 130 valence electrons. The lowest BCUT2D eigenvalue weighted by Gasteiger charge is -2.12. The van der Waals surface area contributed by atoms with E-state index in [4.69, 9.17) is 9.26 Å². The van der Waals surface area contributed by atoms with Crippen molar-refractivity contribution in [2.45, 2.75) is 0 Å². The molecular weight excluding hydrogens is 341 g/mol. The fourth-order valence-corrected chi connectivity index (χ4v) is 3.31. The van der Waals surface area contributed by atoms with Crippen molar-refractivity contribution in [2.24, 2.45) is 7.05 Å². The van der Waals surface area contributed by atoms with E-state index in [-0.39, 0.29) is 6.01 Å². The third-order valence-corrected chi connectivity index (χ3v) is 4.60. The number of ether oxygens (including phenoxy) is 1. The second-order valence-electron chi connectivity index (χ2n) is 5.40. The van der Waals surface area contributed by atoms with E-state index in [2.05, 4.69) is 9.97 Å².